The van der Waals surface area contributed by atoms with Crippen molar-refractivity contribution < 1.29 is 0 Å². The van der Waals surface area contributed by atoms with E-state index in [0.717, 1.165) is 205 Å². The Morgan fingerprint density at radius 3 is 0.764 bits per heavy atom. The number of hydrogen-bond donors (Lipinski definition) is 0. The lowest BCUT2D eigenvalue weighted by Crippen LogP contribution is -1.98. The lowest BCUT2D eigenvalue weighted by Gasteiger charge is -2.15. The maximum atomic E-state index is 9.22. The normalized spacial score (nSPS) is 11.4. The second-order valence-electron chi connectivity index (χ2n) is 34.5. The molecule has 0 atom stereocenters. The molecule has 0 saturated heterocycles. The van der Waals surface area contributed by atoms with Crippen LogP contribution in [0.15, 0.2) is 456 Å². The molecule has 27 aromatic rings. The van der Waals surface area contributed by atoms with Crippen LogP contribution in [0.1, 0.15) is 5.56 Å². The molecule has 0 unspecified atom stereocenters. The molecule has 0 fully saturated rings. The van der Waals surface area contributed by atoms with E-state index in [1.54, 1.807) is 6.20 Å². The van der Waals surface area contributed by atoms with E-state index in [-0.39, 0.29) is 0 Å². The van der Waals surface area contributed by atoms with Gasteiger partial charge in [-0.3, -0.25) is 39.9 Å². The lowest BCUT2D eigenvalue weighted by atomic mass is 9.94. The molecule has 0 aliphatic heterocycles. The predicted molar refractivity (Wildman–Crippen MR) is 568 cm³/mol. The molecule has 0 radical (unpaired) electrons. The number of hydrogen-bond acceptors (Lipinski definition) is 15. The molecule has 0 saturated carbocycles. The van der Waals surface area contributed by atoms with Crippen molar-refractivity contribution in [3.8, 4) is 141 Å². The van der Waals surface area contributed by atoms with E-state index in [1.165, 1.54) is 43.3 Å². The standard InChI is InChI=1S/C43H25N5.C42H26N4.C40H24N6/c44-26-27-13-15-28(16-14-27)29-17-19-30(20-18-29)43-47-39(37-23-31-7-1-2-9-33(31)34-10-3-4-11-35(34)37)25-40(48-43)38-24-32-8-5-21-45-41(32)42-36(38)12-6-22-46-42;1-2-10-27(11-3-1)28-18-20-29(21-19-28)42-45-38(36-24-30-12-4-5-14-32(30)33-15-6-7-16-34(33)36)26-39(46-42)37-25-31-13-8-22-43-40(31)41-35(37)17-9-23-44-41;1-2-11-28-25(9-1)21-32(30-13-4-3-12-29(28)30)36-23-37(33-22-26-10-7-19-42-38(26)39-31(33)14-8-20-43-39)46-40(45-36)27-16-17-35(44-24-27)34-15-5-6-18-41-34/h1-25H;1-26H;1-24H. The van der Waals surface area contributed by atoms with Gasteiger partial charge in [0, 0.05) is 132 Å². The van der Waals surface area contributed by atoms with Crippen molar-refractivity contribution in [1.82, 2.24) is 69.8 Å². The van der Waals surface area contributed by atoms with Crippen LogP contribution in [0.2, 0.25) is 0 Å². The molecular formula is C125H75N15. The molecule has 0 bridgehead atoms. The zero-order chi connectivity index (χ0) is 92.9. The molecule has 0 aliphatic carbocycles. The minimum atomic E-state index is 0.591. The van der Waals surface area contributed by atoms with Gasteiger partial charge in [-0.1, -0.05) is 279 Å². The van der Waals surface area contributed by atoms with Crippen LogP contribution in [0.5, 0.6) is 0 Å². The number of rotatable bonds is 12. The van der Waals surface area contributed by atoms with Crippen LogP contribution in [0.4, 0.5) is 0 Å². The molecule has 27 rings (SSSR count). The first-order valence-corrected chi connectivity index (χ1v) is 46.3. The van der Waals surface area contributed by atoms with Gasteiger partial charge in [0.2, 0.25) is 0 Å². The van der Waals surface area contributed by atoms with Gasteiger partial charge in [0.1, 0.15) is 0 Å². The molecule has 15 heteroatoms. The van der Waals surface area contributed by atoms with E-state index in [9.17, 15) is 5.26 Å². The minimum absolute atomic E-state index is 0.591. The Labute approximate surface area is 802 Å². The average Bonchev–Trinajstić information content (AvgIpc) is 0.751. The third kappa shape index (κ3) is 15.4. The highest BCUT2D eigenvalue weighted by Crippen LogP contribution is 2.45. The summed E-state index contributed by atoms with van der Waals surface area (Å²) in [5.74, 6) is 1.90. The van der Waals surface area contributed by atoms with Gasteiger partial charge in [-0.2, -0.15) is 5.26 Å². The SMILES string of the molecule is N#Cc1ccc(-c2ccc(-c3nc(-c4cc5ccccc5c5ccccc45)cc(-c4cc5cccnc5c5ncccc45)n3)cc2)cc1.c1ccc(-c2ccc(-c3nc(-c4cc5ccccc5c5ccccc45)cc(-c4cc5cccnc5c5ncccc45)n3)cc2)cc1.c1ccc(-c2ccc(-c3nc(-c4cc5ccccc5c5ccccc45)cc(-c4cc5cccnc5c5ncccc45)n3)cn2)nc1. The topological polar surface area (TPSA) is 204 Å². The van der Waals surface area contributed by atoms with Gasteiger partial charge >= 0.3 is 0 Å². The Balaban J connectivity index is 0.000000111. The summed E-state index contributed by atoms with van der Waals surface area (Å²) in [7, 11) is 0. The highest BCUT2D eigenvalue weighted by atomic mass is 14.9. The van der Waals surface area contributed by atoms with E-state index in [1.807, 2.05) is 140 Å². The maximum Gasteiger partial charge on any atom is 0.161 e. The third-order valence-electron chi connectivity index (χ3n) is 26.2. The monoisotopic (exact) mass is 1790 g/mol. The molecule has 140 heavy (non-hydrogen) atoms. The Bertz CT molecular complexity index is 8870. The molecule has 11 heterocycles. The van der Waals surface area contributed by atoms with Crippen LogP contribution in [-0.4, -0.2) is 69.8 Å². The van der Waals surface area contributed by atoms with Crippen LogP contribution < -0.4 is 0 Å². The van der Waals surface area contributed by atoms with Gasteiger partial charge in [0.15, 0.2) is 17.5 Å². The van der Waals surface area contributed by atoms with Gasteiger partial charge in [-0.05, 0) is 214 Å². The first-order chi connectivity index (χ1) is 69.3. The maximum absolute atomic E-state index is 9.22. The van der Waals surface area contributed by atoms with Crippen LogP contribution in [0.3, 0.4) is 0 Å². The Hall–Kier alpha value is -19.4. The number of fused-ring (bicyclic) bond motifs is 18. The van der Waals surface area contributed by atoms with Crippen molar-refractivity contribution in [2.75, 3.05) is 0 Å². The average molecular weight is 1790 g/mol. The predicted octanol–water partition coefficient (Wildman–Crippen LogP) is 30.3. The summed E-state index contributed by atoms with van der Waals surface area (Å²) < 4.78 is 0. The highest BCUT2D eigenvalue weighted by Gasteiger charge is 2.24. The smallest absolute Gasteiger partial charge is 0.161 e. The molecule has 16 aromatic carbocycles. The fourth-order valence-corrected chi connectivity index (χ4v) is 19.5. The number of nitrogens with zero attached hydrogens (tertiary/aromatic N) is 15. The van der Waals surface area contributed by atoms with Gasteiger partial charge < -0.3 is 0 Å². The first kappa shape index (κ1) is 82.5. The van der Waals surface area contributed by atoms with Crippen molar-refractivity contribution >= 4 is 130 Å². The second kappa shape index (κ2) is 35.5. The van der Waals surface area contributed by atoms with Gasteiger partial charge in [-0.25, -0.2) is 29.9 Å². The lowest BCUT2D eigenvalue weighted by molar-refractivity contribution is 1.17. The highest BCUT2D eigenvalue weighted by molar-refractivity contribution is 6.19. The summed E-state index contributed by atoms with van der Waals surface area (Å²) in [5, 5.41) is 29.4. The second-order valence-corrected chi connectivity index (χ2v) is 34.5. The Morgan fingerprint density at radius 1 is 0.157 bits per heavy atom. The van der Waals surface area contributed by atoms with Crippen molar-refractivity contribution in [2.45, 2.75) is 0 Å². The van der Waals surface area contributed by atoms with E-state index in [0.29, 0.717) is 23.0 Å². The van der Waals surface area contributed by atoms with E-state index in [4.69, 9.17) is 49.8 Å². The van der Waals surface area contributed by atoms with E-state index >= 15 is 0 Å². The molecular weight excluding hydrogens is 1710 g/mol. The minimum Gasteiger partial charge on any atom is -0.255 e. The third-order valence-corrected chi connectivity index (χ3v) is 26.2. The zero-order valence-electron chi connectivity index (χ0n) is 75.0. The van der Waals surface area contributed by atoms with Gasteiger partial charge in [0.05, 0.1) is 90.3 Å². The van der Waals surface area contributed by atoms with E-state index in [2.05, 4.69) is 335 Å². The Kier molecular flexibility index (Phi) is 20.9. The molecule has 0 aliphatic rings. The van der Waals surface area contributed by atoms with Crippen LogP contribution >= 0.6 is 0 Å². The number of pyridine rings is 8. The number of aromatic nitrogens is 14. The van der Waals surface area contributed by atoms with Crippen LogP contribution in [0, 0.1) is 11.3 Å². The van der Waals surface area contributed by atoms with Crippen LogP contribution in [-0.2, 0) is 0 Å². The number of benzene rings is 16. The van der Waals surface area contributed by atoms with E-state index < -0.39 is 0 Å². The Morgan fingerprint density at radius 2 is 0.414 bits per heavy atom. The number of nitriles is 1. The van der Waals surface area contributed by atoms with Crippen molar-refractivity contribution in [1.29, 1.82) is 5.26 Å². The summed E-state index contributed by atoms with van der Waals surface area (Å²) in [4.78, 5) is 68.9. The quantitative estimate of drug-likeness (QED) is 0.104. The summed E-state index contributed by atoms with van der Waals surface area (Å²) in [6.45, 7) is 0. The molecule has 15 nitrogen and oxygen atoms in total. The summed E-state index contributed by atoms with van der Waals surface area (Å²) in [6, 6.07) is 142. The van der Waals surface area contributed by atoms with Crippen molar-refractivity contribution in [3.05, 3.63) is 462 Å². The summed E-state index contributed by atoms with van der Waals surface area (Å²) in [5.41, 5.74) is 25.6. The molecule has 0 N–H and O–H groups in total. The van der Waals surface area contributed by atoms with Crippen LogP contribution in [0.25, 0.3) is 265 Å². The summed E-state index contributed by atoms with van der Waals surface area (Å²) in [6.07, 6.45) is 14.5. The molecule has 0 spiro atoms. The fourth-order valence-electron chi connectivity index (χ4n) is 19.5. The molecule has 650 valence electrons. The zero-order valence-corrected chi connectivity index (χ0v) is 75.0. The first-order valence-electron chi connectivity index (χ1n) is 46.3. The molecule has 0 amide bonds. The van der Waals surface area contributed by atoms with Gasteiger partial charge in [0.25, 0.3) is 0 Å². The van der Waals surface area contributed by atoms with Gasteiger partial charge in [-0.15, -0.1) is 0 Å². The summed E-state index contributed by atoms with van der Waals surface area (Å²) >= 11 is 0. The van der Waals surface area contributed by atoms with Crippen molar-refractivity contribution in [3.63, 3.8) is 0 Å². The van der Waals surface area contributed by atoms with Crippen molar-refractivity contribution in [2.24, 2.45) is 0 Å². The molecule has 11 aromatic heterocycles. The largest absolute Gasteiger partial charge is 0.255 e. The fraction of sp³-hybridized carbons (Fsp3) is 0.